The van der Waals surface area contributed by atoms with Crippen LogP contribution in [0.15, 0.2) is 71.8 Å². The minimum atomic E-state index is -0.737. The summed E-state index contributed by atoms with van der Waals surface area (Å²) in [5.41, 5.74) is 3.24. The summed E-state index contributed by atoms with van der Waals surface area (Å²) in [7, 11) is 1.40. The van der Waals surface area contributed by atoms with Crippen molar-refractivity contribution in [2.75, 3.05) is 13.7 Å². The van der Waals surface area contributed by atoms with E-state index < -0.39 is 17.7 Å². The summed E-state index contributed by atoms with van der Waals surface area (Å²) in [5, 5.41) is 12.9. The molecule has 0 aliphatic rings. The lowest BCUT2D eigenvalue weighted by Gasteiger charge is -2.10. The number of esters is 1. The van der Waals surface area contributed by atoms with E-state index in [4.69, 9.17) is 19.5 Å². The van der Waals surface area contributed by atoms with Crippen LogP contribution in [0.25, 0.3) is 0 Å². The standard InChI is InChI=1S/C24H18FN3O5/c1-31-22-11-16(9-10-21(22)33-24(30)17-6-4-7-19(25)12-17)14-27-28-23(29)15-32-20-8-3-2-5-18(20)13-26/h2-12,14H,15H2,1H3,(H,28,29)/b27-14+. The molecule has 0 bridgehead atoms. The van der Waals surface area contributed by atoms with E-state index in [1.807, 2.05) is 6.07 Å². The van der Waals surface area contributed by atoms with E-state index >= 15 is 0 Å². The smallest absolute Gasteiger partial charge is 0.343 e. The molecular formula is C24H18FN3O5. The van der Waals surface area contributed by atoms with Crippen LogP contribution in [-0.4, -0.2) is 31.8 Å². The van der Waals surface area contributed by atoms with E-state index in [1.54, 1.807) is 36.4 Å². The number of carbonyl (C=O) groups excluding carboxylic acids is 2. The first kappa shape index (κ1) is 23.0. The number of ether oxygens (including phenoxy) is 3. The molecule has 0 heterocycles. The molecule has 0 saturated heterocycles. The number of nitrogens with one attached hydrogen (secondary N) is 1. The Bertz CT molecular complexity index is 1240. The summed E-state index contributed by atoms with van der Waals surface area (Å²) < 4.78 is 29.2. The van der Waals surface area contributed by atoms with Gasteiger partial charge in [-0.2, -0.15) is 10.4 Å². The van der Waals surface area contributed by atoms with Gasteiger partial charge < -0.3 is 14.2 Å². The SMILES string of the molecule is COc1cc(/C=N/NC(=O)COc2ccccc2C#N)ccc1OC(=O)c1cccc(F)c1. The third kappa shape index (κ3) is 6.38. The lowest BCUT2D eigenvalue weighted by molar-refractivity contribution is -0.123. The van der Waals surface area contributed by atoms with Crippen molar-refractivity contribution in [3.63, 3.8) is 0 Å². The number of methoxy groups -OCH3 is 1. The molecule has 0 fully saturated rings. The maximum atomic E-state index is 13.3. The first-order valence-corrected chi connectivity index (χ1v) is 9.60. The zero-order valence-corrected chi connectivity index (χ0v) is 17.4. The molecule has 0 saturated carbocycles. The van der Waals surface area contributed by atoms with Crippen molar-refractivity contribution in [2.45, 2.75) is 0 Å². The molecule has 0 aliphatic carbocycles. The zero-order chi connectivity index (χ0) is 23.6. The molecule has 1 N–H and O–H groups in total. The highest BCUT2D eigenvalue weighted by Crippen LogP contribution is 2.28. The van der Waals surface area contributed by atoms with Gasteiger partial charge in [-0.1, -0.05) is 18.2 Å². The van der Waals surface area contributed by atoms with Crippen molar-refractivity contribution >= 4 is 18.1 Å². The number of rotatable bonds is 8. The topological polar surface area (TPSA) is 110 Å². The Morgan fingerprint density at radius 1 is 1.06 bits per heavy atom. The highest BCUT2D eigenvalue weighted by Gasteiger charge is 2.13. The molecule has 8 nitrogen and oxygen atoms in total. The molecule has 9 heteroatoms. The van der Waals surface area contributed by atoms with Crippen LogP contribution in [0.1, 0.15) is 21.5 Å². The Morgan fingerprint density at radius 3 is 2.64 bits per heavy atom. The predicted octanol–water partition coefficient (Wildman–Crippen LogP) is 3.45. The van der Waals surface area contributed by atoms with E-state index in [1.165, 1.54) is 37.6 Å². The molecule has 0 aliphatic heterocycles. The van der Waals surface area contributed by atoms with Crippen molar-refractivity contribution in [1.29, 1.82) is 5.26 Å². The minimum Gasteiger partial charge on any atom is -0.493 e. The second-order valence-electron chi connectivity index (χ2n) is 6.50. The number of nitriles is 1. The summed E-state index contributed by atoms with van der Waals surface area (Å²) in [4.78, 5) is 24.1. The first-order valence-electron chi connectivity index (χ1n) is 9.60. The van der Waals surface area contributed by atoms with Crippen LogP contribution in [-0.2, 0) is 4.79 Å². The normalized spacial score (nSPS) is 10.3. The number of benzene rings is 3. The second kappa shape index (κ2) is 11.1. The fourth-order valence-corrected chi connectivity index (χ4v) is 2.66. The van der Waals surface area contributed by atoms with Crippen LogP contribution in [0.5, 0.6) is 17.2 Å². The van der Waals surface area contributed by atoms with Crippen molar-refractivity contribution in [3.05, 3.63) is 89.2 Å². The Balaban J connectivity index is 1.58. The lowest BCUT2D eigenvalue weighted by atomic mass is 10.2. The van der Waals surface area contributed by atoms with Crippen LogP contribution < -0.4 is 19.6 Å². The average Bonchev–Trinajstić information content (AvgIpc) is 2.83. The van der Waals surface area contributed by atoms with Crippen LogP contribution in [0.2, 0.25) is 0 Å². The predicted molar refractivity (Wildman–Crippen MR) is 117 cm³/mol. The molecule has 0 aromatic heterocycles. The molecule has 1 amide bonds. The van der Waals surface area contributed by atoms with Crippen molar-refractivity contribution in [2.24, 2.45) is 5.10 Å². The van der Waals surface area contributed by atoms with Crippen molar-refractivity contribution in [3.8, 4) is 23.3 Å². The van der Waals surface area contributed by atoms with Gasteiger partial charge >= 0.3 is 5.97 Å². The molecule has 0 spiro atoms. The maximum absolute atomic E-state index is 13.3. The van der Waals surface area contributed by atoms with Crippen molar-refractivity contribution < 1.29 is 28.2 Å². The monoisotopic (exact) mass is 447 g/mol. The van der Waals surface area contributed by atoms with Crippen LogP contribution >= 0.6 is 0 Å². The number of amides is 1. The van der Waals surface area contributed by atoms with Gasteiger partial charge in [-0.3, -0.25) is 4.79 Å². The number of hydrogen-bond acceptors (Lipinski definition) is 7. The summed E-state index contributed by atoms with van der Waals surface area (Å²) in [6.45, 7) is -0.325. The van der Waals surface area contributed by atoms with Gasteiger partial charge in [0.25, 0.3) is 5.91 Å². The number of hydrazone groups is 1. The van der Waals surface area contributed by atoms with Gasteiger partial charge in [0.05, 0.1) is 24.5 Å². The zero-order valence-electron chi connectivity index (χ0n) is 17.4. The van der Waals surface area contributed by atoms with Crippen LogP contribution in [0.3, 0.4) is 0 Å². The molecular weight excluding hydrogens is 429 g/mol. The number of carbonyl (C=O) groups is 2. The summed E-state index contributed by atoms with van der Waals surface area (Å²) in [5.74, 6) is -1.13. The van der Waals surface area contributed by atoms with E-state index in [9.17, 15) is 14.0 Å². The summed E-state index contributed by atoms with van der Waals surface area (Å²) >= 11 is 0. The molecule has 33 heavy (non-hydrogen) atoms. The quantitative estimate of drug-likeness (QED) is 0.245. The molecule has 166 valence electrons. The number of halogens is 1. The van der Waals surface area contributed by atoms with E-state index in [2.05, 4.69) is 10.5 Å². The number of para-hydroxylation sites is 1. The van der Waals surface area contributed by atoms with Gasteiger partial charge in [0.15, 0.2) is 18.1 Å². The van der Waals surface area contributed by atoms with Crippen LogP contribution in [0, 0.1) is 17.1 Å². The molecule has 0 atom stereocenters. The molecule has 3 aromatic carbocycles. The fourth-order valence-electron chi connectivity index (χ4n) is 2.66. The average molecular weight is 447 g/mol. The lowest BCUT2D eigenvalue weighted by Crippen LogP contribution is -2.24. The fraction of sp³-hybridized carbons (Fsp3) is 0.0833. The van der Waals surface area contributed by atoms with E-state index in [0.29, 0.717) is 16.9 Å². The van der Waals surface area contributed by atoms with Crippen molar-refractivity contribution in [1.82, 2.24) is 5.43 Å². The molecule has 3 aromatic rings. The highest BCUT2D eigenvalue weighted by molar-refractivity contribution is 5.91. The number of nitrogens with zero attached hydrogens (tertiary/aromatic N) is 2. The van der Waals surface area contributed by atoms with E-state index in [-0.39, 0.29) is 23.7 Å². The summed E-state index contributed by atoms with van der Waals surface area (Å²) in [6.07, 6.45) is 1.36. The number of hydrogen-bond donors (Lipinski definition) is 1. The highest BCUT2D eigenvalue weighted by atomic mass is 19.1. The van der Waals surface area contributed by atoms with Crippen LogP contribution in [0.4, 0.5) is 4.39 Å². The Hall–Kier alpha value is -4.71. The van der Waals surface area contributed by atoms with Gasteiger partial charge in [0.2, 0.25) is 0 Å². The molecule has 0 radical (unpaired) electrons. The van der Waals surface area contributed by atoms with E-state index in [0.717, 1.165) is 6.07 Å². The Morgan fingerprint density at radius 2 is 1.88 bits per heavy atom. The largest absolute Gasteiger partial charge is 0.493 e. The Labute approximate surface area is 188 Å². The maximum Gasteiger partial charge on any atom is 0.343 e. The Kier molecular flexibility index (Phi) is 7.70. The molecule has 0 unspecified atom stereocenters. The van der Waals surface area contributed by atoms with Gasteiger partial charge in [0.1, 0.15) is 17.6 Å². The third-order valence-corrected chi connectivity index (χ3v) is 4.22. The van der Waals surface area contributed by atoms with Gasteiger partial charge in [-0.25, -0.2) is 14.6 Å². The van der Waals surface area contributed by atoms with Gasteiger partial charge in [-0.05, 0) is 54.1 Å². The second-order valence-corrected chi connectivity index (χ2v) is 6.50. The summed E-state index contributed by atoms with van der Waals surface area (Å²) in [6, 6.07) is 18.3. The third-order valence-electron chi connectivity index (χ3n) is 4.22. The molecule has 3 rings (SSSR count). The first-order chi connectivity index (χ1) is 16.0. The minimum absolute atomic E-state index is 0.0602. The van der Waals surface area contributed by atoms with Gasteiger partial charge in [0, 0.05) is 0 Å². The van der Waals surface area contributed by atoms with Gasteiger partial charge in [-0.15, -0.1) is 0 Å².